The number of hydrogen-bond donors (Lipinski definition) is 1. The Labute approximate surface area is 114 Å². The van der Waals surface area contributed by atoms with E-state index in [1.807, 2.05) is 0 Å². The maximum absolute atomic E-state index is 5.89. The number of benzene rings is 1. The molecule has 0 heterocycles. The third-order valence-corrected chi connectivity index (χ3v) is 2.70. The SMILES string of the molecule is CCCC(N)C#Cc1c(OC)cc(OC)cc1OC. The van der Waals surface area contributed by atoms with Crippen LogP contribution in [0.4, 0.5) is 0 Å². The predicted octanol–water partition coefficient (Wildman–Crippen LogP) is 2.19. The van der Waals surface area contributed by atoms with E-state index < -0.39 is 0 Å². The third-order valence-electron chi connectivity index (χ3n) is 2.70. The van der Waals surface area contributed by atoms with Crippen LogP contribution >= 0.6 is 0 Å². The molecule has 4 heteroatoms. The highest BCUT2D eigenvalue weighted by atomic mass is 16.5. The fourth-order valence-electron chi connectivity index (χ4n) is 1.68. The monoisotopic (exact) mass is 263 g/mol. The molecular weight excluding hydrogens is 242 g/mol. The fraction of sp³-hybridized carbons (Fsp3) is 0.467. The maximum Gasteiger partial charge on any atom is 0.141 e. The average Bonchev–Trinajstić information content (AvgIpc) is 2.44. The molecule has 4 nitrogen and oxygen atoms in total. The molecule has 0 aliphatic carbocycles. The highest BCUT2D eigenvalue weighted by molar-refractivity contribution is 5.59. The average molecular weight is 263 g/mol. The lowest BCUT2D eigenvalue weighted by molar-refractivity contribution is 0.374. The van der Waals surface area contributed by atoms with Crippen molar-refractivity contribution >= 4 is 0 Å². The van der Waals surface area contributed by atoms with Gasteiger partial charge < -0.3 is 19.9 Å². The molecule has 0 amide bonds. The molecule has 0 aliphatic heterocycles. The molecular formula is C15H21NO3. The van der Waals surface area contributed by atoms with Crippen LogP contribution in [0.1, 0.15) is 25.3 Å². The summed E-state index contributed by atoms with van der Waals surface area (Å²) in [7, 11) is 4.77. The van der Waals surface area contributed by atoms with Gasteiger partial charge in [0.05, 0.1) is 27.4 Å². The molecule has 0 aromatic heterocycles. The Kier molecular flexibility index (Phi) is 6.04. The Morgan fingerprint density at radius 1 is 1.11 bits per heavy atom. The van der Waals surface area contributed by atoms with E-state index >= 15 is 0 Å². The molecule has 2 N–H and O–H groups in total. The minimum Gasteiger partial charge on any atom is -0.496 e. The van der Waals surface area contributed by atoms with Crippen molar-refractivity contribution in [3.8, 4) is 29.1 Å². The molecule has 1 atom stereocenters. The van der Waals surface area contributed by atoms with Gasteiger partial charge in [0.25, 0.3) is 0 Å². The normalized spacial score (nSPS) is 11.2. The molecule has 1 rings (SSSR count). The van der Waals surface area contributed by atoms with E-state index in [9.17, 15) is 0 Å². The van der Waals surface area contributed by atoms with Gasteiger partial charge in [0.15, 0.2) is 0 Å². The highest BCUT2D eigenvalue weighted by Gasteiger charge is 2.11. The van der Waals surface area contributed by atoms with Crippen LogP contribution in [0.25, 0.3) is 0 Å². The van der Waals surface area contributed by atoms with Crippen molar-refractivity contribution in [3.63, 3.8) is 0 Å². The second-order valence-electron chi connectivity index (χ2n) is 4.07. The number of rotatable bonds is 5. The smallest absolute Gasteiger partial charge is 0.141 e. The molecule has 0 spiro atoms. The number of nitrogens with two attached hydrogens (primary N) is 1. The Morgan fingerprint density at radius 2 is 1.68 bits per heavy atom. The first-order chi connectivity index (χ1) is 9.15. The molecule has 1 aromatic carbocycles. The summed E-state index contributed by atoms with van der Waals surface area (Å²) in [6, 6.07) is 3.41. The quantitative estimate of drug-likeness (QED) is 0.827. The van der Waals surface area contributed by atoms with Gasteiger partial charge in [-0.3, -0.25) is 0 Å². The van der Waals surface area contributed by atoms with E-state index in [1.54, 1.807) is 33.5 Å². The lowest BCUT2D eigenvalue weighted by Gasteiger charge is -2.11. The van der Waals surface area contributed by atoms with E-state index in [1.165, 1.54) is 0 Å². The van der Waals surface area contributed by atoms with E-state index in [2.05, 4.69) is 18.8 Å². The summed E-state index contributed by atoms with van der Waals surface area (Å²) in [5, 5.41) is 0. The number of ether oxygens (including phenoxy) is 3. The van der Waals surface area contributed by atoms with Crippen molar-refractivity contribution in [1.82, 2.24) is 0 Å². The molecule has 0 fully saturated rings. The van der Waals surface area contributed by atoms with Gasteiger partial charge >= 0.3 is 0 Å². The highest BCUT2D eigenvalue weighted by Crippen LogP contribution is 2.33. The molecule has 0 radical (unpaired) electrons. The van der Waals surface area contributed by atoms with E-state index in [0.29, 0.717) is 22.8 Å². The molecule has 0 bridgehead atoms. The molecule has 0 saturated carbocycles. The molecule has 0 saturated heterocycles. The fourth-order valence-corrected chi connectivity index (χ4v) is 1.68. The summed E-state index contributed by atoms with van der Waals surface area (Å²) in [6.45, 7) is 2.08. The van der Waals surface area contributed by atoms with Gasteiger partial charge in [0.2, 0.25) is 0 Å². The van der Waals surface area contributed by atoms with Crippen LogP contribution in [0.3, 0.4) is 0 Å². The van der Waals surface area contributed by atoms with Crippen molar-refractivity contribution in [2.24, 2.45) is 5.73 Å². The minimum atomic E-state index is -0.137. The van der Waals surface area contributed by atoms with Gasteiger partial charge in [-0.25, -0.2) is 0 Å². The summed E-state index contributed by atoms with van der Waals surface area (Å²) in [5.41, 5.74) is 6.58. The zero-order valence-corrected chi connectivity index (χ0v) is 11.9. The molecule has 0 aliphatic rings. The van der Waals surface area contributed by atoms with Crippen LogP contribution in [-0.4, -0.2) is 27.4 Å². The summed E-state index contributed by atoms with van der Waals surface area (Å²) in [6.07, 6.45) is 1.88. The lowest BCUT2D eigenvalue weighted by Crippen LogP contribution is -2.16. The molecule has 1 unspecified atom stereocenters. The number of methoxy groups -OCH3 is 3. The predicted molar refractivity (Wildman–Crippen MR) is 75.9 cm³/mol. The van der Waals surface area contributed by atoms with Crippen LogP contribution < -0.4 is 19.9 Å². The van der Waals surface area contributed by atoms with Crippen molar-refractivity contribution in [3.05, 3.63) is 17.7 Å². The largest absolute Gasteiger partial charge is 0.496 e. The van der Waals surface area contributed by atoms with Gasteiger partial charge in [0.1, 0.15) is 22.8 Å². The zero-order chi connectivity index (χ0) is 14.3. The van der Waals surface area contributed by atoms with E-state index in [-0.39, 0.29) is 6.04 Å². The van der Waals surface area contributed by atoms with Crippen LogP contribution in [0.2, 0.25) is 0 Å². The standard InChI is InChI=1S/C15H21NO3/c1-5-6-11(16)7-8-13-14(18-3)9-12(17-2)10-15(13)19-4/h9-11H,5-6,16H2,1-4H3. The summed E-state index contributed by atoms with van der Waals surface area (Å²) < 4.78 is 15.8. The Bertz CT molecular complexity index is 449. The molecule has 19 heavy (non-hydrogen) atoms. The zero-order valence-electron chi connectivity index (χ0n) is 11.9. The topological polar surface area (TPSA) is 53.7 Å². The second-order valence-corrected chi connectivity index (χ2v) is 4.07. The maximum atomic E-state index is 5.89. The minimum absolute atomic E-state index is 0.137. The van der Waals surface area contributed by atoms with Gasteiger partial charge in [-0.15, -0.1) is 0 Å². The number of hydrogen-bond acceptors (Lipinski definition) is 4. The molecule has 104 valence electrons. The van der Waals surface area contributed by atoms with Gasteiger partial charge in [0, 0.05) is 12.1 Å². The van der Waals surface area contributed by atoms with Crippen LogP contribution in [0.15, 0.2) is 12.1 Å². The lowest BCUT2D eigenvalue weighted by atomic mass is 10.1. The third kappa shape index (κ3) is 4.08. The van der Waals surface area contributed by atoms with Crippen molar-refractivity contribution in [2.75, 3.05) is 21.3 Å². The van der Waals surface area contributed by atoms with Crippen molar-refractivity contribution < 1.29 is 14.2 Å². The van der Waals surface area contributed by atoms with Crippen LogP contribution in [-0.2, 0) is 0 Å². The van der Waals surface area contributed by atoms with E-state index in [0.717, 1.165) is 12.8 Å². The van der Waals surface area contributed by atoms with E-state index in [4.69, 9.17) is 19.9 Å². The van der Waals surface area contributed by atoms with Gasteiger partial charge in [-0.2, -0.15) is 0 Å². The Hall–Kier alpha value is -1.86. The first-order valence-electron chi connectivity index (χ1n) is 6.23. The second kappa shape index (κ2) is 7.55. The first-order valence-corrected chi connectivity index (χ1v) is 6.23. The summed E-state index contributed by atoms with van der Waals surface area (Å²) in [4.78, 5) is 0. The van der Waals surface area contributed by atoms with Gasteiger partial charge in [-0.1, -0.05) is 25.2 Å². The van der Waals surface area contributed by atoms with Gasteiger partial charge in [-0.05, 0) is 6.42 Å². The Morgan fingerprint density at radius 3 is 2.11 bits per heavy atom. The molecule has 1 aromatic rings. The van der Waals surface area contributed by atoms with Crippen LogP contribution in [0, 0.1) is 11.8 Å². The summed E-state index contributed by atoms with van der Waals surface area (Å²) >= 11 is 0. The van der Waals surface area contributed by atoms with Crippen LogP contribution in [0.5, 0.6) is 17.2 Å². The Balaban J connectivity index is 3.17. The summed E-state index contributed by atoms with van der Waals surface area (Å²) in [5.74, 6) is 7.95. The van der Waals surface area contributed by atoms with Crippen molar-refractivity contribution in [2.45, 2.75) is 25.8 Å². The van der Waals surface area contributed by atoms with Crippen molar-refractivity contribution in [1.29, 1.82) is 0 Å². The first kappa shape index (κ1) is 15.2.